The van der Waals surface area contributed by atoms with Crippen molar-refractivity contribution in [1.29, 1.82) is 0 Å². The van der Waals surface area contributed by atoms with Gasteiger partial charge >= 0.3 is 0 Å². The van der Waals surface area contributed by atoms with Crippen LogP contribution < -0.4 is 10.5 Å². The number of hydrogen-bond donors (Lipinski definition) is 1. The molecule has 0 saturated carbocycles. The minimum atomic E-state index is -0.600. The van der Waals surface area contributed by atoms with Crippen LogP contribution in [0.5, 0.6) is 5.75 Å². The number of anilines is 1. The number of ether oxygens (including phenoxy) is 2. The number of morpholine rings is 1. The van der Waals surface area contributed by atoms with Crippen LogP contribution in [-0.4, -0.2) is 43.2 Å². The van der Waals surface area contributed by atoms with E-state index in [0.29, 0.717) is 42.8 Å². The normalized spacial score (nSPS) is 17.1. The summed E-state index contributed by atoms with van der Waals surface area (Å²) in [4.78, 5) is 13.9. The Morgan fingerprint density at radius 2 is 2.16 bits per heavy atom. The molecule has 1 aromatic rings. The molecule has 104 valence electrons. The number of nitrogen functional groups attached to an aromatic ring is 1. The molecule has 2 rings (SSSR count). The molecule has 6 heteroatoms. The molecule has 0 bridgehead atoms. The maximum atomic E-state index is 12.2. The van der Waals surface area contributed by atoms with Gasteiger partial charge in [-0.25, -0.2) is 0 Å². The Balaban J connectivity index is 2.01. The smallest absolute Gasteiger partial charge is 0.263 e. The number of carbonyl (C=O) groups excluding carboxylic acids is 1. The summed E-state index contributed by atoms with van der Waals surface area (Å²) in [5.74, 6) is 0.359. The Morgan fingerprint density at radius 3 is 2.84 bits per heavy atom. The van der Waals surface area contributed by atoms with Crippen molar-refractivity contribution in [3.05, 3.63) is 23.2 Å². The van der Waals surface area contributed by atoms with Crippen LogP contribution in [-0.2, 0) is 9.53 Å². The van der Waals surface area contributed by atoms with Crippen molar-refractivity contribution in [2.45, 2.75) is 13.0 Å². The van der Waals surface area contributed by atoms with E-state index in [1.165, 1.54) is 0 Å². The highest BCUT2D eigenvalue weighted by molar-refractivity contribution is 6.32. The van der Waals surface area contributed by atoms with Gasteiger partial charge in [0, 0.05) is 24.8 Å². The van der Waals surface area contributed by atoms with E-state index in [-0.39, 0.29) is 5.91 Å². The number of benzene rings is 1. The summed E-state index contributed by atoms with van der Waals surface area (Å²) < 4.78 is 10.8. The van der Waals surface area contributed by atoms with Crippen molar-refractivity contribution in [2.75, 3.05) is 32.0 Å². The van der Waals surface area contributed by atoms with Gasteiger partial charge in [0.15, 0.2) is 6.10 Å². The third-order valence-electron chi connectivity index (χ3n) is 2.93. The molecule has 1 aliphatic heterocycles. The molecular formula is C13H17ClN2O3. The van der Waals surface area contributed by atoms with Gasteiger partial charge in [0.2, 0.25) is 0 Å². The van der Waals surface area contributed by atoms with Crippen LogP contribution in [0.4, 0.5) is 5.69 Å². The van der Waals surface area contributed by atoms with Gasteiger partial charge < -0.3 is 20.1 Å². The minimum absolute atomic E-state index is 0.0678. The largest absolute Gasteiger partial charge is 0.479 e. The third kappa shape index (κ3) is 3.52. The van der Waals surface area contributed by atoms with E-state index < -0.39 is 6.10 Å². The lowest BCUT2D eigenvalue weighted by Crippen LogP contribution is -2.46. The van der Waals surface area contributed by atoms with E-state index in [1.54, 1.807) is 30.0 Å². The molecule has 19 heavy (non-hydrogen) atoms. The predicted molar refractivity (Wildman–Crippen MR) is 73.4 cm³/mol. The second-order valence-corrected chi connectivity index (χ2v) is 4.79. The maximum absolute atomic E-state index is 12.2. The van der Waals surface area contributed by atoms with Crippen molar-refractivity contribution in [2.24, 2.45) is 0 Å². The molecule has 1 atom stereocenters. The Morgan fingerprint density at radius 1 is 1.47 bits per heavy atom. The molecule has 2 N–H and O–H groups in total. The summed E-state index contributed by atoms with van der Waals surface area (Å²) >= 11 is 6.01. The fourth-order valence-corrected chi connectivity index (χ4v) is 2.05. The number of amides is 1. The Bertz CT molecular complexity index is 461. The average Bonchev–Trinajstić information content (AvgIpc) is 2.43. The number of carbonyl (C=O) groups is 1. The zero-order chi connectivity index (χ0) is 13.8. The summed E-state index contributed by atoms with van der Waals surface area (Å²) in [7, 11) is 0. The molecule has 1 aliphatic rings. The van der Waals surface area contributed by atoms with Crippen molar-refractivity contribution >= 4 is 23.2 Å². The van der Waals surface area contributed by atoms with Crippen molar-refractivity contribution in [1.82, 2.24) is 4.90 Å². The lowest BCUT2D eigenvalue weighted by Gasteiger charge is -2.29. The minimum Gasteiger partial charge on any atom is -0.479 e. The molecule has 1 heterocycles. The summed E-state index contributed by atoms with van der Waals surface area (Å²) in [6, 6.07) is 4.95. The van der Waals surface area contributed by atoms with Crippen LogP contribution in [0.15, 0.2) is 18.2 Å². The zero-order valence-corrected chi connectivity index (χ0v) is 11.5. The predicted octanol–water partition coefficient (Wildman–Crippen LogP) is 1.55. The van der Waals surface area contributed by atoms with Gasteiger partial charge in [-0.05, 0) is 19.1 Å². The van der Waals surface area contributed by atoms with Crippen LogP contribution in [0.1, 0.15) is 6.92 Å². The number of nitrogens with two attached hydrogens (primary N) is 1. The molecular weight excluding hydrogens is 268 g/mol. The topological polar surface area (TPSA) is 64.8 Å². The van der Waals surface area contributed by atoms with E-state index in [9.17, 15) is 4.79 Å². The quantitative estimate of drug-likeness (QED) is 0.855. The molecule has 0 radical (unpaired) electrons. The van der Waals surface area contributed by atoms with Gasteiger partial charge in [-0.15, -0.1) is 0 Å². The first kappa shape index (κ1) is 14.0. The van der Waals surface area contributed by atoms with Crippen LogP contribution in [0.25, 0.3) is 0 Å². The molecule has 0 aliphatic carbocycles. The summed E-state index contributed by atoms with van der Waals surface area (Å²) in [5, 5.41) is 0.441. The highest BCUT2D eigenvalue weighted by Crippen LogP contribution is 2.27. The standard InChI is InChI=1S/C13H17ClN2O3/c1-9(13(17)16-4-6-18-7-5-16)19-12-8-10(15)2-3-11(12)14/h2-3,8-9H,4-7,15H2,1H3. The van der Waals surface area contributed by atoms with E-state index in [1.807, 2.05) is 0 Å². The van der Waals surface area contributed by atoms with Gasteiger partial charge in [0.1, 0.15) is 5.75 Å². The lowest BCUT2D eigenvalue weighted by atomic mass is 10.2. The first-order chi connectivity index (χ1) is 9.08. The number of halogens is 1. The van der Waals surface area contributed by atoms with E-state index >= 15 is 0 Å². The number of hydrogen-bond acceptors (Lipinski definition) is 4. The Kier molecular flexibility index (Phi) is 4.50. The molecule has 0 spiro atoms. The molecule has 0 aromatic heterocycles. The zero-order valence-electron chi connectivity index (χ0n) is 10.8. The van der Waals surface area contributed by atoms with Gasteiger partial charge in [0.25, 0.3) is 5.91 Å². The highest BCUT2D eigenvalue weighted by atomic mass is 35.5. The Labute approximate surface area is 117 Å². The van der Waals surface area contributed by atoms with E-state index in [4.69, 9.17) is 26.8 Å². The number of nitrogens with zero attached hydrogens (tertiary/aromatic N) is 1. The van der Waals surface area contributed by atoms with Crippen LogP contribution in [0, 0.1) is 0 Å². The molecule has 1 fully saturated rings. The second kappa shape index (κ2) is 6.12. The van der Waals surface area contributed by atoms with Crippen molar-refractivity contribution in [3.8, 4) is 5.75 Å². The van der Waals surface area contributed by atoms with Gasteiger partial charge in [0.05, 0.1) is 18.2 Å². The summed E-state index contributed by atoms with van der Waals surface area (Å²) in [5.41, 5.74) is 6.22. The van der Waals surface area contributed by atoms with Crippen molar-refractivity contribution in [3.63, 3.8) is 0 Å². The highest BCUT2D eigenvalue weighted by Gasteiger charge is 2.24. The monoisotopic (exact) mass is 284 g/mol. The molecule has 1 saturated heterocycles. The van der Waals surface area contributed by atoms with E-state index in [0.717, 1.165) is 0 Å². The van der Waals surface area contributed by atoms with Gasteiger partial charge in [-0.3, -0.25) is 4.79 Å². The fourth-order valence-electron chi connectivity index (χ4n) is 1.89. The van der Waals surface area contributed by atoms with Crippen LogP contribution in [0.2, 0.25) is 5.02 Å². The number of rotatable bonds is 3. The van der Waals surface area contributed by atoms with Crippen LogP contribution >= 0.6 is 11.6 Å². The SMILES string of the molecule is CC(Oc1cc(N)ccc1Cl)C(=O)N1CCOCC1. The summed E-state index contributed by atoms with van der Waals surface area (Å²) in [6.45, 7) is 4.03. The first-order valence-corrected chi connectivity index (χ1v) is 6.54. The van der Waals surface area contributed by atoms with Gasteiger partial charge in [-0.1, -0.05) is 11.6 Å². The average molecular weight is 285 g/mol. The first-order valence-electron chi connectivity index (χ1n) is 6.16. The third-order valence-corrected chi connectivity index (χ3v) is 3.24. The lowest BCUT2D eigenvalue weighted by molar-refractivity contribution is -0.142. The molecule has 1 amide bonds. The molecule has 1 aromatic carbocycles. The molecule has 1 unspecified atom stereocenters. The van der Waals surface area contributed by atoms with Crippen molar-refractivity contribution < 1.29 is 14.3 Å². The Hall–Kier alpha value is -1.46. The van der Waals surface area contributed by atoms with E-state index in [2.05, 4.69) is 0 Å². The summed E-state index contributed by atoms with van der Waals surface area (Å²) in [6.07, 6.45) is -0.600. The van der Waals surface area contributed by atoms with Gasteiger partial charge in [-0.2, -0.15) is 0 Å². The maximum Gasteiger partial charge on any atom is 0.263 e. The molecule has 5 nitrogen and oxygen atoms in total. The second-order valence-electron chi connectivity index (χ2n) is 4.39. The fraction of sp³-hybridized carbons (Fsp3) is 0.462. The van der Waals surface area contributed by atoms with Crippen LogP contribution in [0.3, 0.4) is 0 Å².